The van der Waals surface area contributed by atoms with Crippen LogP contribution in [0.5, 0.6) is 0 Å². The van der Waals surface area contributed by atoms with Gasteiger partial charge in [0, 0.05) is 6.42 Å². The Bertz CT molecular complexity index is 700. The quantitative estimate of drug-likeness (QED) is 0.158. The van der Waals surface area contributed by atoms with E-state index in [4.69, 9.17) is 10.8 Å². The van der Waals surface area contributed by atoms with Gasteiger partial charge in [-0.15, -0.1) is 0 Å². The van der Waals surface area contributed by atoms with Crippen molar-refractivity contribution in [3.63, 3.8) is 0 Å². The van der Waals surface area contributed by atoms with Crippen LogP contribution in [-0.4, -0.2) is 75.3 Å². The number of amides is 3. The van der Waals surface area contributed by atoms with E-state index in [1.165, 1.54) is 6.92 Å². The van der Waals surface area contributed by atoms with Crippen LogP contribution in [0.4, 0.5) is 0 Å². The monoisotopic (exact) mass is 474 g/mol. The van der Waals surface area contributed by atoms with Crippen LogP contribution in [0.15, 0.2) is 0 Å². The summed E-state index contributed by atoms with van der Waals surface area (Å²) in [6.07, 6.45) is -0.981. The number of aliphatic carboxylic acids is 2. The largest absolute Gasteiger partial charge is 0.481 e. The van der Waals surface area contributed by atoms with Gasteiger partial charge in [-0.3, -0.25) is 19.2 Å². The molecule has 0 aliphatic heterocycles. The minimum Gasteiger partial charge on any atom is -0.481 e. The van der Waals surface area contributed by atoms with Crippen molar-refractivity contribution in [3.8, 4) is 0 Å². The first kappa shape index (κ1) is 30.3. The van der Waals surface area contributed by atoms with Crippen LogP contribution in [0.3, 0.4) is 0 Å². The van der Waals surface area contributed by atoms with Crippen molar-refractivity contribution in [3.05, 3.63) is 0 Å². The van der Waals surface area contributed by atoms with Crippen LogP contribution in [-0.2, 0) is 24.0 Å². The number of nitrogens with two attached hydrogens (primary N) is 1. The number of nitrogens with one attached hydrogen (secondary N) is 3. The summed E-state index contributed by atoms with van der Waals surface area (Å²) in [5, 5.41) is 35.0. The maximum absolute atomic E-state index is 12.9. The Kier molecular flexibility index (Phi) is 13.2. The van der Waals surface area contributed by atoms with Crippen molar-refractivity contribution < 1.29 is 39.3 Å². The zero-order valence-corrected chi connectivity index (χ0v) is 19.8. The highest BCUT2D eigenvalue weighted by molar-refractivity contribution is 5.94. The van der Waals surface area contributed by atoms with E-state index in [0.717, 1.165) is 0 Å². The van der Waals surface area contributed by atoms with Crippen LogP contribution in [0, 0.1) is 11.8 Å². The van der Waals surface area contributed by atoms with E-state index in [2.05, 4.69) is 16.0 Å². The summed E-state index contributed by atoms with van der Waals surface area (Å²) in [5.41, 5.74) is 5.90. The Morgan fingerprint density at radius 1 is 0.788 bits per heavy atom. The number of carbonyl (C=O) groups excluding carboxylic acids is 3. The minimum atomic E-state index is -1.59. The highest BCUT2D eigenvalue weighted by Crippen LogP contribution is 2.11. The summed E-state index contributed by atoms with van der Waals surface area (Å²) < 4.78 is 0. The van der Waals surface area contributed by atoms with Gasteiger partial charge in [0.05, 0.1) is 12.1 Å². The summed E-state index contributed by atoms with van der Waals surface area (Å²) in [6, 6.07) is -4.95. The molecule has 12 nitrogen and oxygen atoms in total. The van der Waals surface area contributed by atoms with Crippen LogP contribution >= 0.6 is 0 Å². The van der Waals surface area contributed by atoms with E-state index in [1.807, 2.05) is 6.92 Å². The predicted molar refractivity (Wildman–Crippen MR) is 119 cm³/mol. The van der Waals surface area contributed by atoms with Crippen molar-refractivity contribution in [2.45, 2.75) is 90.6 Å². The second-order valence-corrected chi connectivity index (χ2v) is 8.34. The molecule has 0 aromatic carbocycles. The number of carbonyl (C=O) groups is 5. The van der Waals surface area contributed by atoms with Crippen LogP contribution in [0.2, 0.25) is 0 Å². The maximum Gasteiger partial charge on any atom is 0.328 e. The standard InChI is InChI=1S/C21H38N4O8/c1-6-10(3)15(22)19(30)23-13(8-9-14(27)28)18(29)24-16(11(4)7-2)20(31)25-17(12(5)26)21(32)33/h10-13,15-17,26H,6-9,22H2,1-5H3,(H,23,30)(H,24,29)(H,25,31)(H,27,28)(H,32,33). The van der Waals surface area contributed by atoms with Gasteiger partial charge in [-0.05, 0) is 25.2 Å². The number of aliphatic hydroxyl groups excluding tert-OH is 1. The van der Waals surface area contributed by atoms with Gasteiger partial charge in [-0.25, -0.2) is 4.79 Å². The van der Waals surface area contributed by atoms with Gasteiger partial charge >= 0.3 is 11.9 Å². The topological polar surface area (TPSA) is 208 Å². The van der Waals surface area contributed by atoms with Crippen LogP contribution in [0.1, 0.15) is 60.3 Å². The van der Waals surface area contributed by atoms with E-state index in [-0.39, 0.29) is 12.3 Å². The third-order valence-electron chi connectivity index (χ3n) is 5.68. The van der Waals surface area contributed by atoms with Gasteiger partial charge in [0.2, 0.25) is 17.7 Å². The third kappa shape index (κ3) is 10.2. The van der Waals surface area contributed by atoms with Gasteiger partial charge in [0.25, 0.3) is 0 Å². The average Bonchev–Trinajstić information content (AvgIpc) is 2.75. The molecule has 0 aromatic rings. The van der Waals surface area contributed by atoms with E-state index < -0.39 is 72.3 Å². The summed E-state index contributed by atoms with van der Waals surface area (Å²) in [5.74, 6) is -5.49. The highest BCUT2D eigenvalue weighted by atomic mass is 16.4. The molecular weight excluding hydrogens is 436 g/mol. The summed E-state index contributed by atoms with van der Waals surface area (Å²) >= 11 is 0. The predicted octanol–water partition coefficient (Wildman–Crippen LogP) is -0.809. The SMILES string of the molecule is CCC(C)C(N)C(=O)NC(CCC(=O)O)C(=O)NC(C(=O)NC(C(=O)O)C(C)O)C(C)CC. The zero-order valence-electron chi connectivity index (χ0n) is 19.8. The Morgan fingerprint density at radius 3 is 1.73 bits per heavy atom. The fourth-order valence-corrected chi connectivity index (χ4v) is 2.90. The van der Waals surface area contributed by atoms with Crippen molar-refractivity contribution >= 4 is 29.7 Å². The van der Waals surface area contributed by atoms with Crippen molar-refractivity contribution in [2.24, 2.45) is 17.6 Å². The maximum atomic E-state index is 12.9. The first-order valence-corrected chi connectivity index (χ1v) is 11.1. The Morgan fingerprint density at radius 2 is 1.30 bits per heavy atom. The van der Waals surface area contributed by atoms with Crippen molar-refractivity contribution in [1.82, 2.24) is 16.0 Å². The van der Waals surface area contributed by atoms with E-state index in [9.17, 15) is 34.2 Å². The number of hydrogen-bond acceptors (Lipinski definition) is 7. The summed E-state index contributed by atoms with van der Waals surface area (Å²) in [4.78, 5) is 60.5. The van der Waals surface area contributed by atoms with Gasteiger partial charge in [0.15, 0.2) is 6.04 Å². The van der Waals surface area contributed by atoms with Crippen LogP contribution < -0.4 is 21.7 Å². The fraction of sp³-hybridized carbons (Fsp3) is 0.762. The molecule has 0 bridgehead atoms. The minimum absolute atomic E-state index is 0.180. The molecule has 7 unspecified atom stereocenters. The molecule has 0 radical (unpaired) electrons. The van der Waals surface area contributed by atoms with Gasteiger partial charge in [0.1, 0.15) is 12.1 Å². The van der Waals surface area contributed by atoms with Crippen molar-refractivity contribution in [2.75, 3.05) is 0 Å². The molecule has 7 atom stereocenters. The molecule has 0 aliphatic carbocycles. The zero-order chi connectivity index (χ0) is 25.9. The molecule has 0 saturated carbocycles. The first-order chi connectivity index (χ1) is 15.3. The number of carboxylic acids is 2. The number of carboxylic acid groups (broad SMARTS) is 2. The van der Waals surface area contributed by atoms with Gasteiger partial charge in [-0.2, -0.15) is 0 Å². The van der Waals surface area contributed by atoms with Crippen LogP contribution in [0.25, 0.3) is 0 Å². The number of rotatable bonds is 15. The molecule has 0 aromatic heterocycles. The lowest BCUT2D eigenvalue weighted by Crippen LogP contribution is -2.60. The molecule has 0 spiro atoms. The lowest BCUT2D eigenvalue weighted by atomic mass is 9.96. The van der Waals surface area contributed by atoms with Crippen molar-refractivity contribution in [1.29, 1.82) is 0 Å². The lowest BCUT2D eigenvalue weighted by Gasteiger charge is -2.28. The Balaban J connectivity index is 5.65. The molecule has 0 rings (SSSR count). The molecule has 0 aliphatic rings. The first-order valence-electron chi connectivity index (χ1n) is 11.1. The highest BCUT2D eigenvalue weighted by Gasteiger charge is 2.34. The molecule has 0 saturated heterocycles. The number of aliphatic hydroxyl groups is 1. The lowest BCUT2D eigenvalue weighted by molar-refractivity contribution is -0.145. The third-order valence-corrected chi connectivity index (χ3v) is 5.68. The van der Waals surface area contributed by atoms with E-state index in [0.29, 0.717) is 12.8 Å². The molecular formula is C21H38N4O8. The molecule has 0 fully saturated rings. The molecule has 190 valence electrons. The summed E-state index contributed by atoms with van der Waals surface area (Å²) in [7, 11) is 0. The summed E-state index contributed by atoms with van der Waals surface area (Å²) in [6.45, 7) is 8.23. The fourth-order valence-electron chi connectivity index (χ4n) is 2.90. The average molecular weight is 475 g/mol. The normalized spacial score (nSPS) is 17.4. The Labute approximate surface area is 193 Å². The smallest absolute Gasteiger partial charge is 0.328 e. The Hall–Kier alpha value is -2.73. The molecule has 8 N–H and O–H groups in total. The molecule has 33 heavy (non-hydrogen) atoms. The second kappa shape index (κ2) is 14.4. The molecule has 0 heterocycles. The van der Waals surface area contributed by atoms with E-state index >= 15 is 0 Å². The second-order valence-electron chi connectivity index (χ2n) is 8.34. The molecule has 12 heteroatoms. The van der Waals surface area contributed by atoms with Gasteiger partial charge in [-0.1, -0.05) is 40.5 Å². The number of hydrogen-bond donors (Lipinski definition) is 7. The molecule has 3 amide bonds. The van der Waals surface area contributed by atoms with Gasteiger partial charge < -0.3 is 37.0 Å². The van der Waals surface area contributed by atoms with E-state index in [1.54, 1.807) is 20.8 Å².